The molecular formula is C19H20ClN3O6. The van der Waals surface area contributed by atoms with Gasteiger partial charge in [-0.25, -0.2) is 5.43 Å². The maximum Gasteiger partial charge on any atom is 0.315 e. The molecular weight excluding hydrogens is 402 g/mol. The Kier molecular flexibility index (Phi) is 7.00. The van der Waals surface area contributed by atoms with E-state index in [1.54, 1.807) is 19.1 Å². The normalized spacial score (nSPS) is 11.9. The van der Waals surface area contributed by atoms with Gasteiger partial charge in [0.15, 0.2) is 11.9 Å². The third-order valence-corrected chi connectivity index (χ3v) is 4.57. The fraction of sp³-hybridized carbons (Fsp3) is 0.263. The van der Waals surface area contributed by atoms with Gasteiger partial charge in [-0.3, -0.25) is 14.9 Å². The number of halogens is 1. The molecule has 0 spiro atoms. The van der Waals surface area contributed by atoms with E-state index in [1.807, 2.05) is 13.8 Å². The number of rotatable bonds is 7. The van der Waals surface area contributed by atoms with Gasteiger partial charge in [0.05, 0.1) is 18.2 Å². The number of hydrogen-bond donors (Lipinski definition) is 2. The summed E-state index contributed by atoms with van der Waals surface area (Å²) in [5.41, 5.74) is 3.67. The molecule has 29 heavy (non-hydrogen) atoms. The number of phenols is 1. The Morgan fingerprint density at radius 2 is 1.93 bits per heavy atom. The Morgan fingerprint density at radius 3 is 2.48 bits per heavy atom. The van der Waals surface area contributed by atoms with Crippen LogP contribution in [0.5, 0.6) is 17.2 Å². The topological polar surface area (TPSA) is 123 Å². The molecule has 1 amide bonds. The van der Waals surface area contributed by atoms with Gasteiger partial charge in [-0.1, -0.05) is 11.6 Å². The number of aromatic hydroxyl groups is 1. The fourth-order valence-electron chi connectivity index (χ4n) is 2.48. The number of nitrogens with zero attached hydrogens (tertiary/aromatic N) is 2. The quantitative estimate of drug-likeness (QED) is 0.400. The zero-order valence-corrected chi connectivity index (χ0v) is 17.0. The van der Waals surface area contributed by atoms with Crippen LogP contribution < -0.4 is 14.9 Å². The zero-order chi connectivity index (χ0) is 21.7. The third-order valence-electron chi connectivity index (χ3n) is 3.97. The van der Waals surface area contributed by atoms with E-state index in [2.05, 4.69) is 10.5 Å². The first-order valence-corrected chi connectivity index (χ1v) is 8.83. The van der Waals surface area contributed by atoms with Crippen molar-refractivity contribution < 1.29 is 24.3 Å². The summed E-state index contributed by atoms with van der Waals surface area (Å²) in [5.74, 6) is -0.701. The van der Waals surface area contributed by atoms with Crippen LogP contribution in [-0.4, -0.2) is 35.4 Å². The second kappa shape index (κ2) is 9.24. The van der Waals surface area contributed by atoms with E-state index >= 15 is 0 Å². The highest BCUT2D eigenvalue weighted by Gasteiger charge is 2.19. The lowest BCUT2D eigenvalue weighted by atomic mass is 10.1. The second-order valence-corrected chi connectivity index (χ2v) is 6.59. The summed E-state index contributed by atoms with van der Waals surface area (Å²) in [6.07, 6.45) is 0.340. The summed E-state index contributed by atoms with van der Waals surface area (Å²) in [6.45, 7) is 5.23. The number of benzene rings is 2. The number of nitro groups is 1. The molecule has 1 unspecified atom stereocenters. The summed E-state index contributed by atoms with van der Waals surface area (Å²) in [7, 11) is 1.26. The Labute approximate surface area is 172 Å². The first-order valence-electron chi connectivity index (χ1n) is 8.45. The van der Waals surface area contributed by atoms with Crippen molar-refractivity contribution in [3.63, 3.8) is 0 Å². The van der Waals surface area contributed by atoms with Crippen LogP contribution in [0, 0.1) is 24.0 Å². The minimum absolute atomic E-state index is 0.0860. The van der Waals surface area contributed by atoms with Crippen molar-refractivity contribution in [2.24, 2.45) is 5.10 Å². The number of carbonyl (C=O) groups is 1. The Hall–Kier alpha value is -3.33. The van der Waals surface area contributed by atoms with E-state index in [4.69, 9.17) is 21.1 Å². The molecule has 0 saturated carbocycles. The predicted molar refractivity (Wildman–Crippen MR) is 108 cm³/mol. The second-order valence-electron chi connectivity index (χ2n) is 6.21. The number of nitrogens with one attached hydrogen (secondary N) is 1. The lowest BCUT2D eigenvalue weighted by Crippen LogP contribution is -2.33. The molecule has 2 aromatic rings. The number of hydrazone groups is 1. The van der Waals surface area contributed by atoms with Crippen molar-refractivity contribution >= 4 is 29.4 Å². The molecule has 154 valence electrons. The number of ether oxygens (including phenoxy) is 2. The molecule has 2 aromatic carbocycles. The predicted octanol–water partition coefficient (Wildman–Crippen LogP) is 3.50. The molecule has 0 radical (unpaired) electrons. The maximum atomic E-state index is 12.2. The van der Waals surface area contributed by atoms with E-state index in [1.165, 1.54) is 19.4 Å². The minimum Gasteiger partial charge on any atom is -0.500 e. The highest BCUT2D eigenvalue weighted by molar-refractivity contribution is 6.32. The highest BCUT2D eigenvalue weighted by Crippen LogP contribution is 2.36. The number of hydrogen-bond acceptors (Lipinski definition) is 7. The van der Waals surface area contributed by atoms with Crippen LogP contribution in [0.25, 0.3) is 0 Å². The minimum atomic E-state index is -0.851. The summed E-state index contributed by atoms with van der Waals surface area (Å²) in [4.78, 5) is 22.4. The summed E-state index contributed by atoms with van der Waals surface area (Å²) < 4.78 is 10.5. The van der Waals surface area contributed by atoms with Gasteiger partial charge >= 0.3 is 5.69 Å². The van der Waals surface area contributed by atoms with Crippen LogP contribution in [0.1, 0.15) is 23.6 Å². The molecule has 10 heteroatoms. The Balaban J connectivity index is 2.07. The lowest BCUT2D eigenvalue weighted by Gasteiger charge is -2.15. The first-order chi connectivity index (χ1) is 13.6. The van der Waals surface area contributed by atoms with Gasteiger partial charge in [-0.2, -0.15) is 5.10 Å². The van der Waals surface area contributed by atoms with Gasteiger partial charge in [0.2, 0.25) is 5.75 Å². The molecule has 2 N–H and O–H groups in total. The average molecular weight is 422 g/mol. The molecule has 0 fully saturated rings. The lowest BCUT2D eigenvalue weighted by molar-refractivity contribution is -0.386. The highest BCUT2D eigenvalue weighted by atomic mass is 35.5. The number of carbonyl (C=O) groups excluding carboxylic acids is 1. The van der Waals surface area contributed by atoms with Crippen LogP contribution in [0.3, 0.4) is 0 Å². The van der Waals surface area contributed by atoms with Gasteiger partial charge in [-0.05, 0) is 50.1 Å². The van der Waals surface area contributed by atoms with E-state index in [-0.39, 0.29) is 11.3 Å². The van der Waals surface area contributed by atoms with Crippen LogP contribution in [0.2, 0.25) is 5.02 Å². The maximum absolute atomic E-state index is 12.2. The van der Waals surface area contributed by atoms with Gasteiger partial charge in [0, 0.05) is 16.7 Å². The van der Waals surface area contributed by atoms with Gasteiger partial charge in [0.25, 0.3) is 5.91 Å². The number of methoxy groups -OCH3 is 1. The van der Waals surface area contributed by atoms with E-state index in [0.717, 1.165) is 17.2 Å². The molecule has 0 aliphatic carbocycles. The van der Waals surface area contributed by atoms with Crippen LogP contribution in [0.15, 0.2) is 29.4 Å². The number of phenolic OH excluding ortho intramolecular Hbond substituents is 1. The van der Waals surface area contributed by atoms with Crippen molar-refractivity contribution in [1.82, 2.24) is 5.43 Å². The fourth-order valence-corrected chi connectivity index (χ4v) is 2.59. The molecule has 0 aromatic heterocycles. The van der Waals surface area contributed by atoms with Crippen molar-refractivity contribution in [3.8, 4) is 17.2 Å². The SMILES string of the molecule is COc1cc(/C=N/NC(=O)C(C)Oc2cc(C)c(Cl)c(C)c2)cc([N+](=O)[O-])c1O. The van der Waals surface area contributed by atoms with Crippen molar-refractivity contribution in [2.45, 2.75) is 26.9 Å². The van der Waals surface area contributed by atoms with Gasteiger partial charge < -0.3 is 14.6 Å². The third kappa shape index (κ3) is 5.35. The van der Waals surface area contributed by atoms with Crippen molar-refractivity contribution in [3.05, 3.63) is 56.1 Å². The van der Waals surface area contributed by atoms with Crippen molar-refractivity contribution in [1.29, 1.82) is 0 Å². The summed E-state index contributed by atoms with van der Waals surface area (Å²) >= 11 is 6.12. The zero-order valence-electron chi connectivity index (χ0n) is 16.2. The van der Waals surface area contributed by atoms with Crippen LogP contribution >= 0.6 is 11.6 Å². The molecule has 2 rings (SSSR count). The average Bonchev–Trinajstić information content (AvgIpc) is 2.66. The van der Waals surface area contributed by atoms with E-state index in [9.17, 15) is 20.0 Å². The molecule has 1 atom stereocenters. The molecule has 0 heterocycles. The Morgan fingerprint density at radius 1 is 1.31 bits per heavy atom. The number of nitro benzene ring substituents is 1. The first kappa shape index (κ1) is 22.0. The van der Waals surface area contributed by atoms with Gasteiger partial charge in [-0.15, -0.1) is 0 Å². The largest absolute Gasteiger partial charge is 0.500 e. The summed E-state index contributed by atoms with van der Waals surface area (Å²) in [5, 5.41) is 25.2. The smallest absolute Gasteiger partial charge is 0.315 e. The molecule has 0 bridgehead atoms. The van der Waals surface area contributed by atoms with Crippen LogP contribution in [0.4, 0.5) is 5.69 Å². The van der Waals surface area contributed by atoms with Crippen LogP contribution in [-0.2, 0) is 4.79 Å². The monoisotopic (exact) mass is 421 g/mol. The standard InChI is InChI=1S/C19H20ClN3O6/c1-10-5-14(6-11(2)17(10)20)29-12(3)19(25)22-21-9-13-7-15(23(26)27)18(24)16(8-13)28-4/h5-9,12,24H,1-4H3,(H,22,25)/b21-9+. The molecule has 0 aliphatic heterocycles. The number of aryl methyl sites for hydroxylation is 2. The van der Waals surface area contributed by atoms with E-state index in [0.29, 0.717) is 10.8 Å². The molecule has 0 saturated heterocycles. The van der Waals surface area contributed by atoms with Gasteiger partial charge in [0.1, 0.15) is 5.75 Å². The molecule has 9 nitrogen and oxygen atoms in total. The molecule has 0 aliphatic rings. The number of amides is 1. The summed E-state index contributed by atoms with van der Waals surface area (Å²) in [6, 6.07) is 5.90. The van der Waals surface area contributed by atoms with E-state index < -0.39 is 28.4 Å². The Bertz CT molecular complexity index is 954. The van der Waals surface area contributed by atoms with Crippen molar-refractivity contribution in [2.75, 3.05) is 7.11 Å².